The largest absolute Gasteiger partial charge is 0.357 e. The summed E-state index contributed by atoms with van der Waals surface area (Å²) in [6, 6.07) is 7.09. The molecule has 1 saturated heterocycles. The van der Waals surface area contributed by atoms with Gasteiger partial charge in [-0.05, 0) is 12.1 Å². The van der Waals surface area contributed by atoms with Crippen LogP contribution in [0, 0.1) is 0 Å². The first-order valence-corrected chi connectivity index (χ1v) is 8.70. The maximum atomic E-state index is 12.6. The van der Waals surface area contributed by atoms with Crippen molar-refractivity contribution < 1.29 is 14.4 Å². The lowest BCUT2D eigenvalue weighted by Crippen LogP contribution is -2.60. The summed E-state index contributed by atoms with van der Waals surface area (Å²) in [6.07, 6.45) is 0.811. The maximum absolute atomic E-state index is 12.6. The van der Waals surface area contributed by atoms with Crippen molar-refractivity contribution in [2.45, 2.75) is 25.8 Å². The van der Waals surface area contributed by atoms with Crippen molar-refractivity contribution in [1.29, 1.82) is 0 Å². The van der Waals surface area contributed by atoms with E-state index in [4.69, 9.17) is 0 Å². The van der Waals surface area contributed by atoms with E-state index in [1.807, 2.05) is 24.3 Å². The van der Waals surface area contributed by atoms with Gasteiger partial charge in [0.05, 0.1) is 17.6 Å². The Hall–Kier alpha value is -2.90. The van der Waals surface area contributed by atoms with E-state index < -0.39 is 6.04 Å². The lowest BCUT2D eigenvalue weighted by Gasteiger charge is -2.40. The van der Waals surface area contributed by atoms with Crippen molar-refractivity contribution in [3.8, 4) is 0 Å². The van der Waals surface area contributed by atoms with E-state index in [1.165, 1.54) is 18.9 Å². The number of hydrogen-bond acceptors (Lipinski definition) is 4. The molecule has 1 aromatic heterocycles. The van der Waals surface area contributed by atoms with E-state index >= 15 is 0 Å². The van der Waals surface area contributed by atoms with Crippen LogP contribution >= 0.6 is 0 Å². The van der Waals surface area contributed by atoms with Gasteiger partial charge in [0, 0.05) is 39.9 Å². The number of para-hydroxylation sites is 2. The zero-order valence-corrected chi connectivity index (χ0v) is 15.0. The van der Waals surface area contributed by atoms with Crippen LogP contribution in [-0.2, 0) is 20.8 Å². The zero-order valence-electron chi connectivity index (χ0n) is 15.0. The molecule has 2 aromatic rings. The Morgan fingerprint density at radius 2 is 2.04 bits per heavy atom. The highest BCUT2D eigenvalue weighted by Crippen LogP contribution is 2.14. The number of rotatable bonds is 4. The molecule has 0 spiro atoms. The van der Waals surface area contributed by atoms with Crippen LogP contribution in [0.15, 0.2) is 24.3 Å². The van der Waals surface area contributed by atoms with Gasteiger partial charge in [-0.15, -0.1) is 0 Å². The fraction of sp³-hybridized carbons (Fsp3) is 0.444. The van der Waals surface area contributed by atoms with Crippen LogP contribution in [-0.4, -0.2) is 70.2 Å². The van der Waals surface area contributed by atoms with Crippen molar-refractivity contribution in [3.63, 3.8) is 0 Å². The van der Waals surface area contributed by atoms with Crippen LogP contribution in [0.5, 0.6) is 0 Å². The summed E-state index contributed by atoms with van der Waals surface area (Å²) < 4.78 is 0. The number of aromatic nitrogens is 2. The smallest absolute Gasteiger partial charge is 0.244 e. The van der Waals surface area contributed by atoms with E-state index in [0.29, 0.717) is 25.9 Å². The van der Waals surface area contributed by atoms with Crippen LogP contribution < -0.4 is 5.32 Å². The summed E-state index contributed by atoms with van der Waals surface area (Å²) in [5.74, 6) is 0.315. The second kappa shape index (κ2) is 7.55. The number of imidazole rings is 1. The zero-order chi connectivity index (χ0) is 18.7. The summed E-state index contributed by atoms with van der Waals surface area (Å²) >= 11 is 0. The molecule has 1 aliphatic heterocycles. The average molecular weight is 357 g/mol. The fourth-order valence-corrected chi connectivity index (χ4v) is 3.28. The number of fused-ring (bicyclic) bond motifs is 1. The van der Waals surface area contributed by atoms with Crippen molar-refractivity contribution in [2.24, 2.45) is 0 Å². The fourth-order valence-electron chi connectivity index (χ4n) is 3.28. The Morgan fingerprint density at radius 3 is 2.73 bits per heavy atom. The number of amides is 3. The summed E-state index contributed by atoms with van der Waals surface area (Å²) in [6.45, 7) is 2.46. The monoisotopic (exact) mass is 357 g/mol. The number of carbonyl (C=O) groups excluding carboxylic acids is 3. The van der Waals surface area contributed by atoms with Crippen LogP contribution in [0.1, 0.15) is 19.2 Å². The lowest BCUT2D eigenvalue weighted by molar-refractivity contribution is -0.147. The molecule has 2 heterocycles. The molecule has 1 aromatic carbocycles. The molecule has 1 aliphatic rings. The summed E-state index contributed by atoms with van der Waals surface area (Å²) in [5.41, 5.74) is 1.83. The van der Waals surface area contributed by atoms with Gasteiger partial charge in [-0.2, -0.15) is 0 Å². The molecule has 0 radical (unpaired) electrons. The Bertz CT molecular complexity index is 798. The van der Waals surface area contributed by atoms with Gasteiger partial charge < -0.3 is 20.1 Å². The topological polar surface area (TPSA) is 98.4 Å². The minimum atomic E-state index is -0.638. The van der Waals surface area contributed by atoms with Gasteiger partial charge in [0.2, 0.25) is 17.7 Å². The number of aryl methyl sites for hydroxylation is 1. The third-order valence-corrected chi connectivity index (χ3v) is 4.70. The molecule has 26 heavy (non-hydrogen) atoms. The SMILES string of the molecule is CNC(=O)C1CN(C(=O)CCc2nc3ccccc3[nH]2)CCN1C(C)=O. The number of piperazine rings is 1. The number of benzene rings is 1. The van der Waals surface area contributed by atoms with Crippen molar-refractivity contribution >= 4 is 28.8 Å². The van der Waals surface area contributed by atoms with E-state index in [0.717, 1.165) is 16.9 Å². The highest BCUT2D eigenvalue weighted by atomic mass is 16.2. The Kier molecular flexibility index (Phi) is 5.20. The molecule has 138 valence electrons. The summed E-state index contributed by atoms with van der Waals surface area (Å²) in [5, 5.41) is 2.57. The number of likely N-dealkylation sites (N-methyl/N-ethyl adjacent to an activating group) is 1. The highest BCUT2D eigenvalue weighted by Gasteiger charge is 2.34. The van der Waals surface area contributed by atoms with Gasteiger partial charge >= 0.3 is 0 Å². The highest BCUT2D eigenvalue weighted by molar-refractivity contribution is 5.88. The van der Waals surface area contributed by atoms with Crippen LogP contribution in [0.25, 0.3) is 11.0 Å². The standard InChI is InChI=1S/C18H23N5O3/c1-12(24)23-10-9-22(11-15(23)18(26)19-2)17(25)8-7-16-20-13-5-3-4-6-14(13)21-16/h3-6,15H,7-11H2,1-2H3,(H,19,26)(H,20,21). The first-order valence-electron chi connectivity index (χ1n) is 8.70. The molecule has 3 rings (SSSR count). The molecule has 2 N–H and O–H groups in total. The number of nitrogens with one attached hydrogen (secondary N) is 2. The second-order valence-corrected chi connectivity index (χ2v) is 6.38. The quantitative estimate of drug-likeness (QED) is 0.822. The number of hydrogen-bond donors (Lipinski definition) is 2. The molecule has 0 saturated carbocycles. The minimum Gasteiger partial charge on any atom is -0.357 e. The molecular formula is C18H23N5O3. The average Bonchev–Trinajstić information content (AvgIpc) is 3.07. The number of H-pyrrole nitrogens is 1. The molecule has 3 amide bonds. The molecule has 8 nitrogen and oxygen atoms in total. The third-order valence-electron chi connectivity index (χ3n) is 4.70. The normalized spacial score (nSPS) is 17.4. The Balaban J connectivity index is 1.62. The first kappa shape index (κ1) is 17.9. The molecule has 1 atom stereocenters. The van der Waals surface area contributed by atoms with Crippen molar-refractivity contribution in [3.05, 3.63) is 30.1 Å². The molecule has 8 heteroatoms. The maximum Gasteiger partial charge on any atom is 0.244 e. The van der Waals surface area contributed by atoms with E-state index in [9.17, 15) is 14.4 Å². The molecule has 1 unspecified atom stereocenters. The van der Waals surface area contributed by atoms with Crippen LogP contribution in [0.2, 0.25) is 0 Å². The predicted molar refractivity (Wildman–Crippen MR) is 96.2 cm³/mol. The molecule has 1 fully saturated rings. The Labute approximate surface area is 151 Å². The molecule has 0 bridgehead atoms. The van der Waals surface area contributed by atoms with E-state index in [2.05, 4.69) is 15.3 Å². The number of carbonyl (C=O) groups is 3. The van der Waals surface area contributed by atoms with Crippen LogP contribution in [0.3, 0.4) is 0 Å². The predicted octanol–water partition coefficient (Wildman–Crippen LogP) is 0.301. The van der Waals surface area contributed by atoms with Gasteiger partial charge in [0.25, 0.3) is 0 Å². The third kappa shape index (κ3) is 3.68. The van der Waals surface area contributed by atoms with Crippen molar-refractivity contribution in [1.82, 2.24) is 25.1 Å². The van der Waals surface area contributed by atoms with Gasteiger partial charge in [-0.1, -0.05) is 12.1 Å². The van der Waals surface area contributed by atoms with Gasteiger partial charge in [-0.25, -0.2) is 4.98 Å². The summed E-state index contributed by atoms with van der Waals surface area (Å²) in [7, 11) is 1.53. The molecule has 0 aliphatic carbocycles. The number of nitrogens with zero attached hydrogens (tertiary/aromatic N) is 3. The molecular weight excluding hydrogens is 334 g/mol. The first-order chi connectivity index (χ1) is 12.5. The van der Waals surface area contributed by atoms with Gasteiger partial charge in [0.15, 0.2) is 0 Å². The van der Waals surface area contributed by atoms with Gasteiger partial charge in [0.1, 0.15) is 11.9 Å². The number of aromatic amines is 1. The lowest BCUT2D eigenvalue weighted by atomic mass is 10.1. The van der Waals surface area contributed by atoms with Crippen molar-refractivity contribution in [2.75, 3.05) is 26.7 Å². The van der Waals surface area contributed by atoms with Gasteiger partial charge in [-0.3, -0.25) is 14.4 Å². The minimum absolute atomic E-state index is 0.0393. The Morgan fingerprint density at radius 1 is 1.27 bits per heavy atom. The van der Waals surface area contributed by atoms with Crippen LogP contribution in [0.4, 0.5) is 0 Å². The second-order valence-electron chi connectivity index (χ2n) is 6.38. The summed E-state index contributed by atoms with van der Waals surface area (Å²) in [4.78, 5) is 47.2. The van der Waals surface area contributed by atoms with E-state index in [1.54, 1.807) is 4.90 Å². The van der Waals surface area contributed by atoms with E-state index in [-0.39, 0.29) is 24.3 Å².